The second-order valence-electron chi connectivity index (χ2n) is 5.43. The third-order valence-electron chi connectivity index (χ3n) is 4.28. The van der Waals surface area contributed by atoms with Crippen molar-refractivity contribution in [2.24, 2.45) is 0 Å². The molecular formula is C17H20O4. The maximum absolute atomic E-state index is 12.0. The molecule has 0 bridgehead atoms. The number of allylic oxidation sites excluding steroid dienone is 2. The molecule has 0 spiro atoms. The molecule has 0 aromatic heterocycles. The molecule has 4 heteroatoms. The third-order valence-corrected chi connectivity index (χ3v) is 4.28. The maximum Gasteiger partial charge on any atom is 0.197 e. The van der Waals surface area contributed by atoms with Crippen LogP contribution in [0.3, 0.4) is 0 Å². The van der Waals surface area contributed by atoms with Crippen molar-refractivity contribution < 1.29 is 19.0 Å². The first-order chi connectivity index (χ1) is 10.2. The Labute approximate surface area is 124 Å². The molecule has 1 aliphatic carbocycles. The summed E-state index contributed by atoms with van der Waals surface area (Å²) in [6, 6.07) is 5.88. The van der Waals surface area contributed by atoms with E-state index in [0.717, 1.165) is 41.9 Å². The van der Waals surface area contributed by atoms with Gasteiger partial charge in [0.25, 0.3) is 0 Å². The number of carbonyl (C=O) groups is 1. The summed E-state index contributed by atoms with van der Waals surface area (Å²) < 4.78 is 16.4. The third kappa shape index (κ3) is 2.50. The molecule has 1 heterocycles. The highest BCUT2D eigenvalue weighted by Gasteiger charge is 2.33. The molecule has 0 saturated heterocycles. The fourth-order valence-electron chi connectivity index (χ4n) is 3.25. The Kier molecular flexibility index (Phi) is 3.86. The number of rotatable bonds is 3. The Morgan fingerprint density at radius 3 is 2.81 bits per heavy atom. The van der Waals surface area contributed by atoms with Crippen LogP contribution in [-0.2, 0) is 9.53 Å². The molecule has 1 aliphatic heterocycles. The molecule has 2 aliphatic rings. The van der Waals surface area contributed by atoms with Crippen LogP contribution in [-0.4, -0.2) is 26.6 Å². The monoisotopic (exact) mass is 288 g/mol. The number of Topliss-reactive ketones (excluding diaryl/α,β-unsaturated/α-hetero) is 1. The van der Waals surface area contributed by atoms with Gasteiger partial charge in [0.05, 0.1) is 20.8 Å². The summed E-state index contributed by atoms with van der Waals surface area (Å²) in [7, 11) is 3.31. The van der Waals surface area contributed by atoms with E-state index in [1.807, 2.05) is 18.2 Å². The first-order valence-corrected chi connectivity index (χ1v) is 7.35. The van der Waals surface area contributed by atoms with Gasteiger partial charge >= 0.3 is 0 Å². The number of methoxy groups -OCH3 is 2. The van der Waals surface area contributed by atoms with Gasteiger partial charge < -0.3 is 14.2 Å². The Bertz CT molecular complexity index is 588. The first kappa shape index (κ1) is 14.0. The normalized spacial score (nSPS) is 21.6. The predicted molar refractivity (Wildman–Crippen MR) is 78.7 cm³/mol. The highest BCUT2D eigenvalue weighted by Crippen LogP contribution is 2.44. The molecule has 112 valence electrons. The van der Waals surface area contributed by atoms with Crippen molar-refractivity contribution in [1.82, 2.24) is 0 Å². The molecule has 0 N–H and O–H groups in total. The van der Waals surface area contributed by atoms with Crippen LogP contribution in [0.25, 0.3) is 0 Å². The SMILES string of the molecule is COc1ccc(C2CCC(=O)C3=C2CCCO3)c(OC)c1. The number of hydrogen-bond acceptors (Lipinski definition) is 4. The minimum atomic E-state index is 0.147. The molecule has 1 aromatic rings. The fourth-order valence-corrected chi connectivity index (χ4v) is 3.25. The lowest BCUT2D eigenvalue weighted by Gasteiger charge is -2.31. The molecule has 4 nitrogen and oxygen atoms in total. The van der Waals surface area contributed by atoms with E-state index in [2.05, 4.69) is 0 Å². The van der Waals surface area contributed by atoms with E-state index >= 15 is 0 Å². The minimum absolute atomic E-state index is 0.147. The predicted octanol–water partition coefficient (Wildman–Crippen LogP) is 3.21. The molecule has 0 fully saturated rings. The quantitative estimate of drug-likeness (QED) is 0.856. The van der Waals surface area contributed by atoms with Crippen LogP contribution < -0.4 is 9.47 Å². The Hall–Kier alpha value is -1.97. The van der Waals surface area contributed by atoms with Gasteiger partial charge in [-0.25, -0.2) is 0 Å². The van der Waals surface area contributed by atoms with E-state index in [9.17, 15) is 4.79 Å². The van der Waals surface area contributed by atoms with E-state index in [1.54, 1.807) is 14.2 Å². The summed E-state index contributed by atoms with van der Waals surface area (Å²) in [4.78, 5) is 12.0. The van der Waals surface area contributed by atoms with E-state index in [-0.39, 0.29) is 11.7 Å². The molecule has 3 rings (SSSR count). The van der Waals surface area contributed by atoms with Crippen molar-refractivity contribution >= 4 is 5.78 Å². The van der Waals surface area contributed by atoms with Crippen LogP contribution in [0, 0.1) is 0 Å². The zero-order valence-corrected chi connectivity index (χ0v) is 12.5. The van der Waals surface area contributed by atoms with Gasteiger partial charge in [-0.3, -0.25) is 4.79 Å². The summed E-state index contributed by atoms with van der Waals surface area (Å²) in [5.41, 5.74) is 2.25. The van der Waals surface area contributed by atoms with Gasteiger partial charge in [-0.05, 0) is 30.9 Å². The van der Waals surface area contributed by atoms with E-state index in [0.29, 0.717) is 18.8 Å². The van der Waals surface area contributed by atoms with Crippen LogP contribution in [0.4, 0.5) is 0 Å². The second kappa shape index (κ2) is 5.80. The van der Waals surface area contributed by atoms with E-state index < -0.39 is 0 Å². The Balaban J connectivity index is 2.03. The molecule has 0 amide bonds. The van der Waals surface area contributed by atoms with Crippen molar-refractivity contribution in [3.8, 4) is 11.5 Å². The molecule has 1 aromatic carbocycles. The number of ketones is 1. The lowest BCUT2D eigenvalue weighted by atomic mass is 9.78. The number of hydrogen-bond donors (Lipinski definition) is 0. The van der Waals surface area contributed by atoms with E-state index in [4.69, 9.17) is 14.2 Å². The lowest BCUT2D eigenvalue weighted by Crippen LogP contribution is -2.24. The first-order valence-electron chi connectivity index (χ1n) is 7.35. The average Bonchev–Trinajstić information content (AvgIpc) is 2.55. The summed E-state index contributed by atoms with van der Waals surface area (Å²) >= 11 is 0. The number of ether oxygens (including phenoxy) is 3. The number of benzene rings is 1. The summed E-state index contributed by atoms with van der Waals surface area (Å²) in [6.45, 7) is 0.650. The fraction of sp³-hybridized carbons (Fsp3) is 0.471. The maximum atomic E-state index is 12.0. The molecule has 21 heavy (non-hydrogen) atoms. The van der Waals surface area contributed by atoms with Crippen molar-refractivity contribution in [1.29, 1.82) is 0 Å². The van der Waals surface area contributed by atoms with Gasteiger partial charge in [0.15, 0.2) is 11.5 Å². The molecule has 1 atom stereocenters. The summed E-state index contributed by atoms with van der Waals surface area (Å²) in [5, 5.41) is 0. The zero-order valence-electron chi connectivity index (χ0n) is 12.5. The molecule has 0 saturated carbocycles. The topological polar surface area (TPSA) is 44.8 Å². The van der Waals surface area contributed by atoms with Crippen LogP contribution in [0.15, 0.2) is 29.5 Å². The van der Waals surface area contributed by atoms with Crippen molar-refractivity contribution in [3.63, 3.8) is 0 Å². The molecular weight excluding hydrogens is 268 g/mol. The van der Waals surface area contributed by atoms with Crippen LogP contribution in [0.1, 0.15) is 37.2 Å². The minimum Gasteiger partial charge on any atom is -0.497 e. The largest absolute Gasteiger partial charge is 0.497 e. The van der Waals surface area contributed by atoms with Gasteiger partial charge in [-0.2, -0.15) is 0 Å². The summed E-state index contributed by atoms with van der Waals surface area (Å²) in [5.74, 6) is 2.55. The van der Waals surface area contributed by atoms with Gasteiger partial charge in [0.2, 0.25) is 0 Å². The smallest absolute Gasteiger partial charge is 0.197 e. The highest BCUT2D eigenvalue weighted by molar-refractivity contribution is 5.95. The lowest BCUT2D eigenvalue weighted by molar-refractivity contribution is -0.120. The van der Waals surface area contributed by atoms with Crippen LogP contribution >= 0.6 is 0 Å². The van der Waals surface area contributed by atoms with Crippen molar-refractivity contribution in [2.45, 2.75) is 31.6 Å². The second-order valence-corrected chi connectivity index (χ2v) is 5.43. The standard InChI is InChI=1S/C17H20O4/c1-19-11-5-6-13(16(10-11)20-2)12-7-8-15(18)17-14(12)4-3-9-21-17/h5-6,10,12H,3-4,7-9H2,1-2H3. The van der Waals surface area contributed by atoms with Gasteiger partial charge in [0.1, 0.15) is 11.5 Å². The van der Waals surface area contributed by atoms with Gasteiger partial charge in [-0.1, -0.05) is 6.07 Å². The zero-order chi connectivity index (χ0) is 14.8. The van der Waals surface area contributed by atoms with Crippen LogP contribution in [0.2, 0.25) is 0 Å². The van der Waals surface area contributed by atoms with Crippen molar-refractivity contribution in [2.75, 3.05) is 20.8 Å². The van der Waals surface area contributed by atoms with Gasteiger partial charge in [0, 0.05) is 24.0 Å². The summed E-state index contributed by atoms with van der Waals surface area (Å²) in [6.07, 6.45) is 3.27. The molecule has 1 unspecified atom stereocenters. The Morgan fingerprint density at radius 1 is 1.19 bits per heavy atom. The van der Waals surface area contributed by atoms with Gasteiger partial charge in [-0.15, -0.1) is 0 Å². The Morgan fingerprint density at radius 2 is 2.05 bits per heavy atom. The number of carbonyl (C=O) groups excluding carboxylic acids is 1. The highest BCUT2D eigenvalue weighted by atomic mass is 16.5. The molecule has 0 radical (unpaired) electrons. The van der Waals surface area contributed by atoms with E-state index in [1.165, 1.54) is 0 Å². The van der Waals surface area contributed by atoms with Crippen molar-refractivity contribution in [3.05, 3.63) is 35.1 Å². The van der Waals surface area contributed by atoms with Crippen LogP contribution in [0.5, 0.6) is 11.5 Å². The average molecular weight is 288 g/mol.